The highest BCUT2D eigenvalue weighted by Crippen LogP contribution is 2.38. The van der Waals surface area contributed by atoms with Crippen molar-refractivity contribution in [3.8, 4) is 22.8 Å². The molecule has 0 saturated carbocycles. The summed E-state index contributed by atoms with van der Waals surface area (Å²) in [7, 11) is 3.18. The number of carbonyl (C=O) groups is 2. The van der Waals surface area contributed by atoms with Gasteiger partial charge in [0.1, 0.15) is 23.4 Å². The molecule has 2 atom stereocenters. The number of ether oxygens (including phenoxy) is 2. The Morgan fingerprint density at radius 3 is 2.68 bits per heavy atom. The van der Waals surface area contributed by atoms with Crippen molar-refractivity contribution in [3.63, 3.8) is 0 Å². The Balaban J connectivity index is 1.59. The fourth-order valence-electron chi connectivity index (χ4n) is 4.02. The van der Waals surface area contributed by atoms with Crippen LogP contribution in [-0.2, 0) is 9.59 Å². The van der Waals surface area contributed by atoms with Gasteiger partial charge in [-0.05, 0) is 49.6 Å². The number of nitrogens with zero attached hydrogens (tertiary/aromatic N) is 2. The highest BCUT2D eigenvalue weighted by Gasteiger charge is 2.24. The molecule has 1 heterocycles. The van der Waals surface area contributed by atoms with Gasteiger partial charge in [-0.2, -0.15) is 0 Å². The molecule has 2 aromatic carbocycles. The second-order valence-electron chi connectivity index (χ2n) is 8.69. The van der Waals surface area contributed by atoms with Gasteiger partial charge in [-0.1, -0.05) is 30.4 Å². The Morgan fingerprint density at radius 2 is 2.03 bits per heavy atom. The highest BCUT2D eigenvalue weighted by molar-refractivity contribution is 7.14. The summed E-state index contributed by atoms with van der Waals surface area (Å²) < 4.78 is 25.8. The molecule has 38 heavy (non-hydrogen) atoms. The van der Waals surface area contributed by atoms with E-state index in [4.69, 9.17) is 19.6 Å². The lowest BCUT2D eigenvalue weighted by Crippen LogP contribution is -2.39. The molecule has 1 amide bonds. The molecule has 0 fully saturated rings. The van der Waals surface area contributed by atoms with Crippen LogP contribution in [0, 0.1) is 11.7 Å². The number of rotatable bonds is 10. The lowest BCUT2D eigenvalue weighted by molar-refractivity contribution is -0.140. The second kappa shape index (κ2) is 11.9. The van der Waals surface area contributed by atoms with Crippen LogP contribution in [0.5, 0.6) is 11.5 Å². The third-order valence-corrected chi connectivity index (χ3v) is 7.00. The third kappa shape index (κ3) is 6.03. The number of thiazole rings is 1. The number of aliphatic carboxylic acids is 1. The van der Waals surface area contributed by atoms with E-state index in [0.717, 1.165) is 5.56 Å². The number of hydrogen-bond acceptors (Lipinski definition) is 7. The van der Waals surface area contributed by atoms with E-state index in [0.29, 0.717) is 46.6 Å². The first kappa shape index (κ1) is 26.9. The number of hydrogen-bond donors (Lipinski definition) is 2. The van der Waals surface area contributed by atoms with E-state index in [1.54, 1.807) is 50.6 Å². The van der Waals surface area contributed by atoms with Gasteiger partial charge in [0.2, 0.25) is 0 Å². The second-order valence-corrected chi connectivity index (χ2v) is 9.53. The molecular weight excluding hydrogens is 509 g/mol. The number of benzene rings is 2. The number of carboxylic acids is 1. The minimum absolute atomic E-state index is 0.0400. The van der Waals surface area contributed by atoms with E-state index in [2.05, 4.69) is 5.32 Å². The third-order valence-electron chi connectivity index (χ3n) is 6.13. The number of para-hydroxylation sites is 1. The Kier molecular flexibility index (Phi) is 8.42. The van der Waals surface area contributed by atoms with Crippen LogP contribution in [0.15, 0.2) is 71.6 Å². The molecule has 2 N–H and O–H groups in total. The summed E-state index contributed by atoms with van der Waals surface area (Å²) in [6.07, 6.45) is 5.84. The number of anilines is 2. The van der Waals surface area contributed by atoms with Crippen molar-refractivity contribution >= 4 is 34.0 Å². The molecule has 10 heteroatoms. The van der Waals surface area contributed by atoms with Gasteiger partial charge in [0, 0.05) is 23.1 Å². The Hall–Kier alpha value is -4.18. The Morgan fingerprint density at radius 1 is 1.24 bits per heavy atom. The van der Waals surface area contributed by atoms with Crippen LogP contribution in [-0.4, -0.2) is 48.8 Å². The van der Waals surface area contributed by atoms with Crippen molar-refractivity contribution in [2.24, 2.45) is 5.92 Å². The predicted molar refractivity (Wildman–Crippen MR) is 145 cm³/mol. The van der Waals surface area contributed by atoms with Crippen LogP contribution in [0.2, 0.25) is 0 Å². The zero-order valence-electron chi connectivity index (χ0n) is 21.2. The number of methoxy groups -OCH3 is 2. The molecule has 1 aliphatic carbocycles. The molecule has 1 aromatic heterocycles. The van der Waals surface area contributed by atoms with Crippen molar-refractivity contribution in [1.82, 2.24) is 10.3 Å². The summed E-state index contributed by atoms with van der Waals surface area (Å²) in [5.41, 5.74) is 2.22. The molecule has 0 saturated heterocycles. The maximum atomic E-state index is 14.9. The number of aromatic nitrogens is 1. The largest absolute Gasteiger partial charge is 0.497 e. The lowest BCUT2D eigenvalue weighted by Gasteiger charge is -2.27. The smallest absolute Gasteiger partial charge is 0.325 e. The normalized spacial score (nSPS) is 15.4. The van der Waals surface area contributed by atoms with Gasteiger partial charge in [0.25, 0.3) is 5.91 Å². The molecular formula is C28H28FN3O5S. The molecule has 2 unspecified atom stereocenters. The number of nitrogens with one attached hydrogen (secondary N) is 1. The minimum atomic E-state index is -1.11. The van der Waals surface area contributed by atoms with Gasteiger partial charge in [-0.25, -0.2) is 9.37 Å². The molecule has 0 aliphatic heterocycles. The van der Waals surface area contributed by atoms with Crippen LogP contribution >= 0.6 is 11.3 Å². The summed E-state index contributed by atoms with van der Waals surface area (Å²) in [6, 6.07) is 11.0. The van der Waals surface area contributed by atoms with Crippen LogP contribution in [0.3, 0.4) is 0 Å². The van der Waals surface area contributed by atoms with E-state index in [1.165, 1.54) is 24.3 Å². The number of halogens is 1. The first-order valence-corrected chi connectivity index (χ1v) is 12.8. The molecule has 3 aromatic rings. The van der Waals surface area contributed by atoms with Gasteiger partial charge in [0.15, 0.2) is 5.13 Å². The van der Waals surface area contributed by atoms with Crippen LogP contribution in [0.4, 0.5) is 15.2 Å². The topological polar surface area (TPSA) is 101 Å². The zero-order valence-corrected chi connectivity index (χ0v) is 22.0. The zero-order chi connectivity index (χ0) is 27.2. The van der Waals surface area contributed by atoms with Gasteiger partial charge in [-0.3, -0.25) is 9.59 Å². The lowest BCUT2D eigenvalue weighted by atomic mass is 9.95. The maximum Gasteiger partial charge on any atom is 0.325 e. The van der Waals surface area contributed by atoms with Crippen LogP contribution < -0.4 is 19.7 Å². The standard InChI is InChI=1S/C28H28FN3O5S/c1-17(27(34)35)30-26(33)19-10-8-18(9-11-19)15-32(24-7-5-4-6-22(24)29)28-31-23(16-38-28)21-14-20(36-2)12-13-25(21)37-3/h4-8,10-14,16-18H,9,15H2,1-3H3,(H,30,33)(H,34,35). The van der Waals surface area contributed by atoms with Gasteiger partial charge in [0.05, 0.1) is 25.6 Å². The molecule has 198 valence electrons. The molecule has 4 rings (SSSR count). The van der Waals surface area contributed by atoms with E-state index in [-0.39, 0.29) is 11.7 Å². The van der Waals surface area contributed by atoms with E-state index in [1.807, 2.05) is 28.5 Å². The summed E-state index contributed by atoms with van der Waals surface area (Å²) in [5.74, 6) is -0.659. The SMILES string of the molecule is COc1ccc(OC)c(-c2csc(N(CC3C=CC(C(=O)NC(C)C(=O)O)=CC3)c3ccccc3F)n2)c1. The Bertz CT molecular complexity index is 1390. The average molecular weight is 538 g/mol. The number of carboxylic acid groups (broad SMARTS) is 1. The molecule has 8 nitrogen and oxygen atoms in total. The maximum absolute atomic E-state index is 14.9. The Labute approximate surface area is 224 Å². The number of carbonyl (C=O) groups excluding carboxylic acids is 1. The van der Waals surface area contributed by atoms with Crippen molar-refractivity contribution in [1.29, 1.82) is 0 Å². The summed E-state index contributed by atoms with van der Waals surface area (Å²) >= 11 is 1.38. The summed E-state index contributed by atoms with van der Waals surface area (Å²) in [5, 5.41) is 14.0. The molecule has 1 aliphatic rings. The van der Waals surface area contributed by atoms with Crippen molar-refractivity contribution in [2.45, 2.75) is 19.4 Å². The highest BCUT2D eigenvalue weighted by atomic mass is 32.1. The fourth-order valence-corrected chi connectivity index (χ4v) is 4.87. The molecule has 0 spiro atoms. The van der Waals surface area contributed by atoms with E-state index in [9.17, 15) is 14.0 Å². The first-order chi connectivity index (χ1) is 18.3. The molecule has 0 bridgehead atoms. The van der Waals surface area contributed by atoms with Gasteiger partial charge < -0.3 is 24.8 Å². The van der Waals surface area contributed by atoms with Gasteiger partial charge in [-0.15, -0.1) is 11.3 Å². The first-order valence-electron chi connectivity index (χ1n) is 11.9. The number of amides is 1. The molecule has 0 radical (unpaired) electrons. The average Bonchev–Trinajstić information content (AvgIpc) is 3.42. The van der Waals surface area contributed by atoms with Crippen molar-refractivity contribution < 1.29 is 28.6 Å². The minimum Gasteiger partial charge on any atom is -0.497 e. The summed E-state index contributed by atoms with van der Waals surface area (Å²) in [4.78, 5) is 30.1. The van der Waals surface area contributed by atoms with E-state index < -0.39 is 17.9 Å². The quantitative estimate of drug-likeness (QED) is 0.367. The van der Waals surface area contributed by atoms with E-state index >= 15 is 0 Å². The monoisotopic (exact) mass is 537 g/mol. The van der Waals surface area contributed by atoms with Gasteiger partial charge >= 0.3 is 5.97 Å². The van der Waals surface area contributed by atoms with Crippen LogP contribution in [0.1, 0.15) is 13.3 Å². The fraction of sp³-hybridized carbons (Fsp3) is 0.250. The van der Waals surface area contributed by atoms with Crippen molar-refractivity contribution in [3.05, 3.63) is 77.5 Å². The number of allylic oxidation sites excluding steroid dienone is 1. The van der Waals surface area contributed by atoms with Crippen molar-refractivity contribution in [2.75, 3.05) is 25.7 Å². The summed E-state index contributed by atoms with van der Waals surface area (Å²) in [6.45, 7) is 1.82. The van der Waals surface area contributed by atoms with Crippen LogP contribution in [0.25, 0.3) is 11.3 Å². The predicted octanol–water partition coefficient (Wildman–Crippen LogP) is 5.20.